The number of amides is 2. The highest BCUT2D eigenvalue weighted by Gasteiger charge is 2.36. The van der Waals surface area contributed by atoms with Crippen LogP contribution in [-0.2, 0) is 23.9 Å². The number of hydroxylamine groups is 1. The van der Waals surface area contributed by atoms with Gasteiger partial charge in [0.2, 0.25) is 5.24 Å². The highest BCUT2D eigenvalue weighted by Crippen LogP contribution is 2.36. The molecule has 2 aromatic heterocycles. The first-order valence-corrected chi connectivity index (χ1v) is 24.1. The van der Waals surface area contributed by atoms with Gasteiger partial charge in [0.25, 0.3) is 0 Å². The first-order valence-electron chi connectivity index (χ1n) is 21.4. The number of rotatable bonds is 18. The summed E-state index contributed by atoms with van der Waals surface area (Å²) < 4.78 is 12.1. The van der Waals surface area contributed by atoms with Gasteiger partial charge < -0.3 is 29.4 Å². The van der Waals surface area contributed by atoms with E-state index in [1.54, 1.807) is 41.1 Å². The van der Waals surface area contributed by atoms with Crippen molar-refractivity contribution in [3.63, 3.8) is 0 Å². The van der Waals surface area contributed by atoms with Gasteiger partial charge in [0.15, 0.2) is 17.4 Å². The lowest BCUT2D eigenvalue weighted by molar-refractivity contribution is -0.112. The van der Waals surface area contributed by atoms with Crippen molar-refractivity contribution in [2.45, 2.75) is 63.6 Å². The Morgan fingerprint density at radius 2 is 1.25 bits per heavy atom. The summed E-state index contributed by atoms with van der Waals surface area (Å²) in [5.74, 6) is 1.75. The lowest BCUT2D eigenvalue weighted by Crippen LogP contribution is -2.38. The summed E-state index contributed by atoms with van der Waals surface area (Å²) in [4.78, 5) is 76.0. The lowest BCUT2D eigenvalue weighted by Gasteiger charge is -2.29. The Morgan fingerprint density at radius 1 is 0.738 bits per heavy atom. The Labute approximate surface area is 399 Å². The van der Waals surface area contributed by atoms with E-state index < -0.39 is 0 Å². The van der Waals surface area contributed by atoms with Crippen LogP contribution in [0.2, 0.25) is 8.67 Å². The third kappa shape index (κ3) is 13.9. The zero-order valence-electron chi connectivity index (χ0n) is 35.6. The fraction of sp³-hybridized carbons (Fsp3) is 0.422. The van der Waals surface area contributed by atoms with Crippen LogP contribution < -0.4 is 25.5 Å². The molecule has 0 spiro atoms. The monoisotopic (exact) mass is 986 g/mol. The molecule has 20 heteroatoms. The van der Waals surface area contributed by atoms with Crippen LogP contribution in [0.3, 0.4) is 0 Å². The average Bonchev–Trinajstić information content (AvgIpc) is 4.19. The van der Waals surface area contributed by atoms with Gasteiger partial charge in [-0.25, -0.2) is 15.1 Å². The van der Waals surface area contributed by atoms with Crippen molar-refractivity contribution in [3.05, 3.63) is 91.2 Å². The molecule has 4 aromatic rings. The minimum Gasteiger partial charge on any atom is -0.444 e. The van der Waals surface area contributed by atoms with Crippen LogP contribution in [0.5, 0.6) is 0 Å². The molecule has 2 atom stereocenters. The van der Waals surface area contributed by atoms with Gasteiger partial charge in [-0.1, -0.05) is 28.4 Å². The quantitative estimate of drug-likeness (QED) is 0.0420. The Bertz CT molecular complexity index is 2320. The predicted molar refractivity (Wildman–Crippen MR) is 254 cm³/mol. The van der Waals surface area contributed by atoms with Crippen LogP contribution >= 0.6 is 57.5 Å². The summed E-state index contributed by atoms with van der Waals surface area (Å²) in [7, 11) is 1.71. The smallest absolute Gasteiger partial charge is 0.414 e. The van der Waals surface area contributed by atoms with Crippen molar-refractivity contribution in [1.29, 1.82) is 0 Å². The van der Waals surface area contributed by atoms with E-state index in [-0.39, 0.29) is 47.1 Å². The highest BCUT2D eigenvalue weighted by molar-refractivity contribution is 7.18. The van der Waals surface area contributed by atoms with Crippen molar-refractivity contribution in [2.75, 3.05) is 66.5 Å². The van der Waals surface area contributed by atoms with Gasteiger partial charge in [0.1, 0.15) is 18.8 Å². The van der Waals surface area contributed by atoms with Gasteiger partial charge in [-0.05, 0) is 123 Å². The number of ketones is 2. The van der Waals surface area contributed by atoms with Gasteiger partial charge in [-0.2, -0.15) is 0 Å². The fourth-order valence-electron chi connectivity index (χ4n) is 7.06. The minimum absolute atomic E-state index is 0.0177. The average molecular weight is 988 g/mol. The summed E-state index contributed by atoms with van der Waals surface area (Å²) in [6.45, 7) is 3.40. The Hall–Kier alpha value is -4.75. The molecule has 3 aliphatic heterocycles. The maximum absolute atomic E-state index is 12.4. The summed E-state index contributed by atoms with van der Waals surface area (Å²) >= 11 is 19.3. The molecular weight excluding hydrogens is 939 g/mol. The summed E-state index contributed by atoms with van der Waals surface area (Å²) in [5, 5.41) is 7.32. The SMILES string of the molecule is CNOCCNc1ccc(N2C[C@H](CCC(=O)c3ccc(Cl)s3)OC2=O)cc1.O=C(CC[C@H]1CN(c2ccc(N3CCON=C3C3CC3)cc2)C(=O)O1)c1ccc(Cl)s1.O=C(Cl)C1CC1. The van der Waals surface area contributed by atoms with E-state index in [0.717, 1.165) is 60.8 Å². The maximum Gasteiger partial charge on any atom is 0.414 e. The second-order valence-corrected chi connectivity index (χ2v) is 19.5. The van der Waals surface area contributed by atoms with E-state index >= 15 is 0 Å². The zero-order chi connectivity index (χ0) is 45.9. The largest absolute Gasteiger partial charge is 0.444 e. The molecule has 2 saturated heterocycles. The molecule has 2 aliphatic carbocycles. The number of Topliss-reactive ketones (excluding diaryl/α,β-unsaturated/α-hetero) is 2. The molecular formula is C45H49Cl3N6O9S2. The van der Waals surface area contributed by atoms with Gasteiger partial charge in [0.05, 0.1) is 44.7 Å². The highest BCUT2D eigenvalue weighted by atomic mass is 35.5. The van der Waals surface area contributed by atoms with E-state index in [1.165, 1.54) is 22.7 Å². The third-order valence-corrected chi connectivity index (χ3v) is 13.7. The number of hydrogen-bond acceptors (Lipinski definition) is 15. The van der Waals surface area contributed by atoms with Crippen molar-refractivity contribution in [3.8, 4) is 0 Å². The van der Waals surface area contributed by atoms with Crippen molar-refractivity contribution >= 4 is 115 Å². The normalized spacial score (nSPS) is 19.0. The molecule has 0 bridgehead atoms. The standard InChI is InChI=1S/C22H22ClN3O4S.C19H22ClN3O4S.C4H5ClO/c23-20-10-9-19(31-20)18(27)8-7-17-13-26(22(28)30-17)16-5-3-15(4-6-16)25-11-12-29-24-21(25)14-1-2-14;1-21-26-11-10-22-13-2-4-14(5-3-13)23-12-15(27-19(23)25)6-7-16(24)17-8-9-18(20)28-17;5-4(6)3-1-2-3/h3-6,9-10,14,17H,1-2,7-8,11-13H2;2-5,8-9,15,21-22H,6-7,10-12H2,1H3;3H,1-2H2/t17-;15-;/m00./s1. The minimum atomic E-state index is -0.389. The zero-order valence-corrected chi connectivity index (χ0v) is 39.5. The molecule has 346 valence electrons. The Kier molecular flexibility index (Phi) is 17.1. The second kappa shape index (κ2) is 23.1. The molecule has 9 rings (SSSR count). The predicted octanol–water partition coefficient (Wildman–Crippen LogP) is 10.1. The summed E-state index contributed by atoms with van der Waals surface area (Å²) in [5.41, 5.74) is 6.14. The summed E-state index contributed by atoms with van der Waals surface area (Å²) in [6.07, 6.45) is 4.58. The number of nitrogens with one attached hydrogen (secondary N) is 2. The Balaban J connectivity index is 0.000000172. The molecule has 5 aliphatic rings. The molecule has 5 heterocycles. The lowest BCUT2D eigenvalue weighted by atomic mass is 10.1. The maximum atomic E-state index is 12.4. The number of halogens is 3. The molecule has 2 aromatic carbocycles. The number of amidine groups is 1. The van der Waals surface area contributed by atoms with Crippen molar-refractivity contribution in [1.82, 2.24) is 5.48 Å². The number of carbonyl (C=O) groups is 5. The number of ether oxygens (including phenoxy) is 2. The van der Waals surface area contributed by atoms with Crippen LogP contribution in [0, 0.1) is 11.8 Å². The third-order valence-electron chi connectivity index (χ3n) is 10.8. The van der Waals surface area contributed by atoms with Crippen LogP contribution in [0.25, 0.3) is 0 Å². The molecule has 2 amide bonds. The topological polar surface area (TPSA) is 168 Å². The molecule has 2 N–H and O–H groups in total. The molecule has 0 radical (unpaired) electrons. The Morgan fingerprint density at radius 3 is 1.68 bits per heavy atom. The molecule has 2 saturated carbocycles. The van der Waals surface area contributed by atoms with E-state index in [1.807, 2.05) is 48.5 Å². The number of carbonyl (C=O) groups excluding carboxylic acids is 5. The molecule has 4 fully saturated rings. The summed E-state index contributed by atoms with van der Waals surface area (Å²) in [6, 6.07) is 22.3. The number of nitrogens with zero attached hydrogens (tertiary/aromatic N) is 4. The number of benzene rings is 2. The van der Waals surface area contributed by atoms with Crippen molar-refractivity contribution < 1.29 is 43.1 Å². The van der Waals surface area contributed by atoms with Gasteiger partial charge in [-0.15, -0.1) is 22.7 Å². The van der Waals surface area contributed by atoms with E-state index in [4.69, 9.17) is 54.0 Å². The molecule has 15 nitrogen and oxygen atoms in total. The van der Waals surface area contributed by atoms with E-state index in [0.29, 0.717) is 82.9 Å². The number of thiophene rings is 2. The van der Waals surface area contributed by atoms with E-state index in [2.05, 4.69) is 20.9 Å². The second-order valence-electron chi connectivity index (χ2n) is 15.7. The number of cyclic esters (lactones) is 2. The van der Waals surface area contributed by atoms with Gasteiger partial charge in [0, 0.05) is 61.0 Å². The van der Waals surface area contributed by atoms with Crippen LogP contribution in [-0.4, -0.2) is 93.5 Å². The van der Waals surface area contributed by atoms with Crippen LogP contribution in [0.15, 0.2) is 78.0 Å². The molecule has 0 unspecified atom stereocenters. The first-order chi connectivity index (χ1) is 31.4. The first kappa shape index (κ1) is 48.2. The molecule has 65 heavy (non-hydrogen) atoms. The number of oxime groups is 1. The van der Waals surface area contributed by atoms with E-state index in [9.17, 15) is 24.0 Å². The number of hydrogen-bond donors (Lipinski definition) is 2. The van der Waals surface area contributed by atoms with Gasteiger partial charge in [-0.3, -0.25) is 24.2 Å². The number of anilines is 4. The van der Waals surface area contributed by atoms with Crippen LogP contribution in [0.1, 0.15) is 70.7 Å². The fourth-order valence-corrected chi connectivity index (χ4v) is 9.30. The van der Waals surface area contributed by atoms with Crippen LogP contribution in [0.4, 0.5) is 32.3 Å². The van der Waals surface area contributed by atoms with Gasteiger partial charge >= 0.3 is 12.2 Å². The van der Waals surface area contributed by atoms with Crippen molar-refractivity contribution in [2.24, 2.45) is 17.0 Å².